The third kappa shape index (κ3) is 4.71. The Hall–Kier alpha value is -7.16. The second-order valence-electron chi connectivity index (χ2n) is 16.1. The monoisotopic (exact) mass is 727 g/mol. The van der Waals surface area contributed by atoms with Gasteiger partial charge in [0.05, 0.1) is 11.0 Å². The first-order chi connectivity index (χ1) is 28.0. The van der Waals surface area contributed by atoms with Gasteiger partial charge in [-0.25, -0.2) is 0 Å². The van der Waals surface area contributed by atoms with Gasteiger partial charge in [-0.05, 0) is 103 Å². The zero-order valence-electron chi connectivity index (χ0n) is 31.8. The van der Waals surface area contributed by atoms with E-state index in [0.717, 1.165) is 16.9 Å². The minimum Gasteiger partial charge on any atom is -0.455 e. The van der Waals surface area contributed by atoms with Gasteiger partial charge in [0.15, 0.2) is 0 Å². The molecule has 0 unspecified atom stereocenters. The molecule has 1 aliphatic rings. The fourth-order valence-electron chi connectivity index (χ4n) is 9.74. The van der Waals surface area contributed by atoms with Crippen LogP contribution in [0, 0.1) is 0 Å². The maximum Gasteiger partial charge on any atom is 0.143 e. The number of hydrogen-bond acceptors (Lipinski definition) is 1. The fraction of sp³-hybridized carbons (Fsp3) is 0.0545. The third-order valence-corrected chi connectivity index (χ3v) is 12.6. The number of rotatable bonds is 4. The lowest BCUT2D eigenvalue weighted by Crippen LogP contribution is -2.15. The molecule has 9 aromatic carbocycles. The van der Waals surface area contributed by atoms with Crippen molar-refractivity contribution in [2.45, 2.75) is 19.3 Å². The maximum atomic E-state index is 6.60. The van der Waals surface area contributed by atoms with Gasteiger partial charge in [0.25, 0.3) is 0 Å². The Kier molecular flexibility index (Phi) is 6.72. The molecule has 0 radical (unpaired) electrons. The molecule has 0 aliphatic heterocycles. The van der Waals surface area contributed by atoms with Gasteiger partial charge >= 0.3 is 0 Å². The van der Waals surface area contributed by atoms with Crippen LogP contribution in [0.4, 0.5) is 0 Å². The van der Waals surface area contributed by atoms with E-state index in [0.29, 0.717) is 0 Å². The summed E-state index contributed by atoms with van der Waals surface area (Å²) in [5.74, 6) is 0. The topological polar surface area (TPSA) is 18.1 Å². The molecule has 0 N–H and O–H groups in total. The second-order valence-corrected chi connectivity index (χ2v) is 16.1. The number of hydrogen-bond donors (Lipinski definition) is 0. The molecule has 268 valence electrons. The maximum absolute atomic E-state index is 6.60. The number of fused-ring (bicyclic) bond motifs is 11. The van der Waals surface area contributed by atoms with E-state index in [4.69, 9.17) is 4.42 Å². The minimum atomic E-state index is -0.196. The van der Waals surface area contributed by atoms with Crippen molar-refractivity contribution in [3.05, 3.63) is 199 Å². The molecule has 2 heteroatoms. The molecule has 0 saturated heterocycles. The molecule has 2 nitrogen and oxygen atoms in total. The van der Waals surface area contributed by atoms with Gasteiger partial charge in [0, 0.05) is 38.2 Å². The van der Waals surface area contributed by atoms with Gasteiger partial charge in [0.2, 0.25) is 0 Å². The van der Waals surface area contributed by atoms with Crippen LogP contribution in [0.3, 0.4) is 0 Å². The SMILES string of the molecule is CC1(C)c2cc(-n3c4ccc(-c5ccccc5)cc4c4cc(-c5ccc(-c6cccc7ccccc67)cc5)ccc43)ccc2-c2c1ccc1c2oc2ccccc21. The standard InChI is InChI=1S/C55H37NO/c1-55(2)48-28-27-44-43-16-8-9-18-52(43)57-54(44)53(48)45-26-25-40(33-49(45)55)56-50-29-23-38(34-11-4-3-5-12-34)31-46(50)47-32-39(24-30-51(47)56)35-19-21-37(22-20-35)42-17-10-14-36-13-6-7-15-41(36)42/h3-33H,1-2H3. The van der Waals surface area contributed by atoms with Crippen LogP contribution >= 0.6 is 0 Å². The Morgan fingerprint density at radius 1 is 0.404 bits per heavy atom. The van der Waals surface area contributed by atoms with Crippen LogP contribution in [-0.2, 0) is 5.41 Å². The average Bonchev–Trinajstić information content (AvgIpc) is 3.88. The highest BCUT2D eigenvalue weighted by Crippen LogP contribution is 2.53. The van der Waals surface area contributed by atoms with Gasteiger partial charge in [0.1, 0.15) is 11.2 Å². The Balaban J connectivity index is 1.03. The molecule has 2 heterocycles. The Morgan fingerprint density at radius 3 is 1.81 bits per heavy atom. The first kappa shape index (κ1) is 32.1. The smallest absolute Gasteiger partial charge is 0.143 e. The molecular weight excluding hydrogens is 691 g/mol. The molecule has 2 aromatic heterocycles. The highest BCUT2D eigenvalue weighted by Gasteiger charge is 2.38. The van der Waals surface area contributed by atoms with Gasteiger partial charge in [-0.2, -0.15) is 0 Å². The van der Waals surface area contributed by atoms with Gasteiger partial charge in [-0.1, -0.05) is 159 Å². The van der Waals surface area contributed by atoms with Crippen LogP contribution in [0.2, 0.25) is 0 Å². The summed E-state index contributed by atoms with van der Waals surface area (Å²) in [7, 11) is 0. The lowest BCUT2D eigenvalue weighted by Gasteiger charge is -2.22. The highest BCUT2D eigenvalue weighted by atomic mass is 16.3. The van der Waals surface area contributed by atoms with E-state index in [-0.39, 0.29) is 5.41 Å². The van der Waals surface area contributed by atoms with E-state index in [9.17, 15) is 0 Å². The molecule has 0 bridgehead atoms. The van der Waals surface area contributed by atoms with Crippen molar-refractivity contribution in [1.29, 1.82) is 0 Å². The number of aromatic nitrogens is 1. The third-order valence-electron chi connectivity index (χ3n) is 12.6. The minimum absolute atomic E-state index is 0.196. The summed E-state index contributed by atoms with van der Waals surface area (Å²) in [4.78, 5) is 0. The fourth-order valence-corrected chi connectivity index (χ4v) is 9.74. The van der Waals surface area contributed by atoms with Crippen LogP contribution < -0.4 is 0 Å². The second kappa shape index (κ2) is 11.9. The highest BCUT2D eigenvalue weighted by molar-refractivity contribution is 6.13. The Labute approximate surface area is 330 Å². The van der Waals surface area contributed by atoms with E-state index >= 15 is 0 Å². The van der Waals surface area contributed by atoms with E-state index in [1.807, 2.05) is 0 Å². The van der Waals surface area contributed by atoms with Gasteiger partial charge in [-0.3, -0.25) is 0 Å². The molecular formula is C55H37NO. The first-order valence-corrected chi connectivity index (χ1v) is 19.8. The largest absolute Gasteiger partial charge is 0.455 e. The summed E-state index contributed by atoms with van der Waals surface area (Å²) in [6, 6.07) is 68.9. The van der Waals surface area contributed by atoms with Crippen molar-refractivity contribution < 1.29 is 4.42 Å². The average molecular weight is 728 g/mol. The summed E-state index contributed by atoms with van der Waals surface area (Å²) in [5, 5.41) is 7.36. The van der Waals surface area contributed by atoms with Gasteiger partial charge < -0.3 is 8.98 Å². The van der Waals surface area contributed by atoms with E-state index in [2.05, 4.69) is 206 Å². The van der Waals surface area contributed by atoms with Crippen LogP contribution in [0.1, 0.15) is 25.0 Å². The normalized spacial score (nSPS) is 13.2. The Bertz CT molecular complexity index is 3410. The summed E-state index contributed by atoms with van der Waals surface area (Å²) in [6.07, 6.45) is 0. The van der Waals surface area contributed by atoms with Gasteiger partial charge in [-0.15, -0.1) is 0 Å². The van der Waals surface area contributed by atoms with Crippen molar-refractivity contribution >= 4 is 54.5 Å². The molecule has 0 amide bonds. The summed E-state index contributed by atoms with van der Waals surface area (Å²) in [6.45, 7) is 4.71. The number of nitrogens with zero attached hydrogens (tertiary/aromatic N) is 1. The summed E-state index contributed by atoms with van der Waals surface area (Å²) < 4.78 is 9.06. The molecule has 0 spiro atoms. The van der Waals surface area contributed by atoms with Crippen molar-refractivity contribution in [2.75, 3.05) is 0 Å². The molecule has 0 saturated carbocycles. The van der Waals surface area contributed by atoms with Crippen LogP contribution in [0.15, 0.2) is 192 Å². The van der Waals surface area contributed by atoms with Crippen LogP contribution in [0.25, 0.3) is 105 Å². The van der Waals surface area contributed by atoms with E-state index in [1.165, 1.54) is 99.0 Å². The molecule has 0 fully saturated rings. The molecule has 1 aliphatic carbocycles. The predicted octanol–water partition coefficient (Wildman–Crippen LogP) is 15.1. The summed E-state index contributed by atoms with van der Waals surface area (Å²) >= 11 is 0. The predicted molar refractivity (Wildman–Crippen MR) is 239 cm³/mol. The molecule has 0 atom stereocenters. The van der Waals surface area contributed by atoms with Crippen molar-refractivity contribution in [3.63, 3.8) is 0 Å². The van der Waals surface area contributed by atoms with Crippen LogP contribution in [0.5, 0.6) is 0 Å². The van der Waals surface area contributed by atoms with Crippen molar-refractivity contribution in [2.24, 2.45) is 0 Å². The number of para-hydroxylation sites is 1. The summed E-state index contributed by atoms with van der Waals surface area (Å²) in [5.41, 5.74) is 17.7. The zero-order chi connectivity index (χ0) is 37.8. The molecule has 57 heavy (non-hydrogen) atoms. The lowest BCUT2D eigenvalue weighted by atomic mass is 9.82. The molecule has 12 rings (SSSR count). The Morgan fingerprint density at radius 2 is 1.04 bits per heavy atom. The van der Waals surface area contributed by atoms with E-state index < -0.39 is 0 Å². The lowest BCUT2D eigenvalue weighted by molar-refractivity contribution is 0.653. The number of furan rings is 1. The quantitative estimate of drug-likeness (QED) is 0.177. The number of benzene rings is 9. The van der Waals surface area contributed by atoms with E-state index in [1.54, 1.807) is 0 Å². The zero-order valence-corrected chi connectivity index (χ0v) is 31.8. The first-order valence-electron chi connectivity index (χ1n) is 19.8. The molecule has 11 aromatic rings. The van der Waals surface area contributed by atoms with Crippen LogP contribution in [-0.4, -0.2) is 4.57 Å². The van der Waals surface area contributed by atoms with Crippen molar-refractivity contribution in [1.82, 2.24) is 4.57 Å². The van der Waals surface area contributed by atoms with Crippen molar-refractivity contribution in [3.8, 4) is 50.2 Å².